The van der Waals surface area contributed by atoms with E-state index in [9.17, 15) is 14.4 Å². The van der Waals surface area contributed by atoms with Crippen molar-refractivity contribution in [1.29, 1.82) is 0 Å². The lowest BCUT2D eigenvalue weighted by Crippen LogP contribution is -2.54. The Balaban J connectivity index is 1.43. The monoisotopic (exact) mass is 424 g/mol. The van der Waals surface area contributed by atoms with Crippen LogP contribution in [0.4, 0.5) is 4.79 Å². The van der Waals surface area contributed by atoms with Crippen molar-refractivity contribution < 1.29 is 14.4 Å². The largest absolute Gasteiger partial charge is 0.337 e. The predicted molar refractivity (Wildman–Crippen MR) is 113 cm³/mol. The molecule has 1 saturated carbocycles. The molecule has 9 heteroatoms. The molecule has 4 rings (SSSR count). The third-order valence-corrected chi connectivity index (χ3v) is 6.83. The summed E-state index contributed by atoms with van der Waals surface area (Å²) in [7, 11) is 1.69. The van der Waals surface area contributed by atoms with Crippen LogP contribution in [0.15, 0.2) is 36.9 Å². The number of carbonyl (C=O) groups excluding carboxylic acids is 3. The molecular formula is C22H28N6O3. The summed E-state index contributed by atoms with van der Waals surface area (Å²) >= 11 is 0. The summed E-state index contributed by atoms with van der Waals surface area (Å²) in [4.78, 5) is 45.2. The number of nitrogens with zero attached hydrogens (tertiary/aromatic N) is 5. The van der Waals surface area contributed by atoms with Crippen molar-refractivity contribution in [1.82, 2.24) is 29.9 Å². The zero-order valence-electron chi connectivity index (χ0n) is 18.1. The average molecular weight is 425 g/mol. The minimum absolute atomic E-state index is 0.0676. The number of hydrogen-bond acceptors (Lipinski definition) is 5. The van der Waals surface area contributed by atoms with Gasteiger partial charge in [-0.15, -0.1) is 0 Å². The van der Waals surface area contributed by atoms with Crippen LogP contribution in [0.1, 0.15) is 51.1 Å². The summed E-state index contributed by atoms with van der Waals surface area (Å²) in [5.74, 6) is -0.480. The molecule has 2 aliphatic rings. The molecule has 2 aromatic rings. The predicted octanol–water partition coefficient (Wildman–Crippen LogP) is 2.29. The van der Waals surface area contributed by atoms with E-state index in [1.807, 2.05) is 38.1 Å². The van der Waals surface area contributed by atoms with E-state index in [4.69, 9.17) is 0 Å². The van der Waals surface area contributed by atoms with E-state index in [-0.39, 0.29) is 30.3 Å². The van der Waals surface area contributed by atoms with Gasteiger partial charge < -0.3 is 10.2 Å². The van der Waals surface area contributed by atoms with Crippen molar-refractivity contribution in [3.63, 3.8) is 0 Å². The highest BCUT2D eigenvalue weighted by atomic mass is 16.2. The maximum absolute atomic E-state index is 13.1. The first-order chi connectivity index (χ1) is 14.8. The number of benzene rings is 1. The topological polar surface area (TPSA) is 100 Å². The summed E-state index contributed by atoms with van der Waals surface area (Å²) in [6, 6.07) is 6.98. The summed E-state index contributed by atoms with van der Waals surface area (Å²) in [6.07, 6.45) is 6.58. The smallest absolute Gasteiger partial charge is 0.325 e. The number of carbonyl (C=O) groups is 3. The lowest BCUT2D eigenvalue weighted by atomic mass is 9.73. The van der Waals surface area contributed by atoms with Gasteiger partial charge in [-0.2, -0.15) is 5.10 Å². The Hall–Kier alpha value is -3.23. The lowest BCUT2D eigenvalue weighted by molar-refractivity contribution is -0.140. The highest BCUT2D eigenvalue weighted by Gasteiger charge is 2.55. The molecule has 2 fully saturated rings. The maximum atomic E-state index is 13.1. The van der Waals surface area contributed by atoms with Crippen LogP contribution in [0.25, 0.3) is 5.69 Å². The van der Waals surface area contributed by atoms with Crippen LogP contribution in [0.2, 0.25) is 0 Å². The van der Waals surface area contributed by atoms with Crippen LogP contribution in [0.3, 0.4) is 0 Å². The fourth-order valence-corrected chi connectivity index (χ4v) is 4.57. The van der Waals surface area contributed by atoms with E-state index in [2.05, 4.69) is 15.4 Å². The van der Waals surface area contributed by atoms with Gasteiger partial charge in [0.05, 0.1) is 11.7 Å². The lowest BCUT2D eigenvalue weighted by Gasteiger charge is -2.36. The standard InChI is InChI=1S/C22H28N6O3/c1-15-6-4-5-11-22(15)20(30)27(21(31)25-22)12-19(29)26(3)16(2)17-7-9-18(10-8-17)28-14-23-13-24-28/h7-10,13-16H,4-6,11-12H2,1-3H3,(H,25,31). The normalized spacial score (nSPS) is 24.4. The summed E-state index contributed by atoms with van der Waals surface area (Å²) < 4.78 is 1.66. The van der Waals surface area contributed by atoms with Crippen molar-refractivity contribution in [2.45, 2.75) is 51.1 Å². The van der Waals surface area contributed by atoms with Crippen molar-refractivity contribution in [3.8, 4) is 5.69 Å². The molecule has 1 spiro atoms. The molecular weight excluding hydrogens is 396 g/mol. The van der Waals surface area contributed by atoms with Crippen LogP contribution in [-0.4, -0.2) is 61.5 Å². The van der Waals surface area contributed by atoms with Crippen molar-refractivity contribution >= 4 is 17.8 Å². The van der Waals surface area contributed by atoms with Crippen LogP contribution >= 0.6 is 0 Å². The third-order valence-electron chi connectivity index (χ3n) is 6.83. The number of imide groups is 1. The van der Waals surface area contributed by atoms with E-state index >= 15 is 0 Å². The molecule has 4 amide bonds. The molecule has 1 aliphatic heterocycles. The number of urea groups is 1. The second-order valence-electron chi connectivity index (χ2n) is 8.55. The summed E-state index contributed by atoms with van der Waals surface area (Å²) in [5.41, 5.74) is 0.958. The Kier molecular flexibility index (Phi) is 5.51. The van der Waals surface area contributed by atoms with Gasteiger partial charge in [-0.25, -0.2) is 14.5 Å². The average Bonchev–Trinajstić information content (AvgIpc) is 3.39. The van der Waals surface area contributed by atoms with E-state index in [1.54, 1.807) is 23.0 Å². The first-order valence-electron chi connectivity index (χ1n) is 10.7. The number of likely N-dealkylation sites (N-methyl/N-ethyl adjacent to an activating group) is 1. The van der Waals surface area contributed by atoms with Gasteiger partial charge in [-0.05, 0) is 43.4 Å². The number of rotatable bonds is 5. The molecule has 2 heterocycles. The second kappa shape index (κ2) is 8.13. The van der Waals surface area contributed by atoms with E-state index in [1.165, 1.54) is 6.33 Å². The molecule has 1 saturated heterocycles. The quantitative estimate of drug-likeness (QED) is 0.743. The van der Waals surface area contributed by atoms with Gasteiger partial charge in [0, 0.05) is 7.05 Å². The number of hydrogen-bond donors (Lipinski definition) is 1. The van der Waals surface area contributed by atoms with Gasteiger partial charge in [-0.1, -0.05) is 31.9 Å². The van der Waals surface area contributed by atoms with E-state index in [0.717, 1.165) is 35.4 Å². The third kappa shape index (κ3) is 3.68. The molecule has 3 atom stereocenters. The summed E-state index contributed by atoms with van der Waals surface area (Å²) in [6.45, 7) is 3.66. The molecule has 1 aromatic heterocycles. The molecule has 31 heavy (non-hydrogen) atoms. The Morgan fingerprint density at radius 1 is 1.29 bits per heavy atom. The van der Waals surface area contributed by atoms with E-state index in [0.29, 0.717) is 6.42 Å². The fraction of sp³-hybridized carbons (Fsp3) is 0.500. The van der Waals surface area contributed by atoms with Crippen LogP contribution < -0.4 is 5.32 Å². The Morgan fingerprint density at radius 2 is 2.03 bits per heavy atom. The maximum Gasteiger partial charge on any atom is 0.325 e. The van der Waals surface area contributed by atoms with Gasteiger partial charge >= 0.3 is 6.03 Å². The van der Waals surface area contributed by atoms with E-state index < -0.39 is 11.6 Å². The summed E-state index contributed by atoms with van der Waals surface area (Å²) in [5, 5.41) is 7.00. The molecule has 164 valence electrons. The van der Waals surface area contributed by atoms with Crippen LogP contribution in [0, 0.1) is 5.92 Å². The molecule has 3 unspecified atom stereocenters. The van der Waals surface area contributed by atoms with Gasteiger partial charge in [0.2, 0.25) is 5.91 Å². The fourth-order valence-electron chi connectivity index (χ4n) is 4.57. The Bertz CT molecular complexity index is 974. The molecule has 1 aliphatic carbocycles. The molecule has 1 aromatic carbocycles. The highest BCUT2D eigenvalue weighted by molar-refractivity contribution is 6.09. The van der Waals surface area contributed by atoms with Crippen molar-refractivity contribution in [2.24, 2.45) is 5.92 Å². The van der Waals surface area contributed by atoms with Crippen LogP contribution in [0.5, 0.6) is 0 Å². The van der Waals surface area contributed by atoms with Gasteiger partial charge in [0.25, 0.3) is 5.91 Å². The van der Waals surface area contributed by atoms with Gasteiger partial charge in [0.15, 0.2) is 0 Å². The van der Waals surface area contributed by atoms with Gasteiger partial charge in [-0.3, -0.25) is 14.5 Å². The van der Waals surface area contributed by atoms with Crippen LogP contribution in [-0.2, 0) is 9.59 Å². The molecule has 9 nitrogen and oxygen atoms in total. The highest BCUT2D eigenvalue weighted by Crippen LogP contribution is 2.38. The van der Waals surface area contributed by atoms with Crippen molar-refractivity contribution in [3.05, 3.63) is 42.5 Å². The zero-order chi connectivity index (χ0) is 22.2. The van der Waals surface area contributed by atoms with Crippen molar-refractivity contribution in [2.75, 3.05) is 13.6 Å². The SMILES string of the molecule is CC(c1ccc(-n2cncn2)cc1)N(C)C(=O)CN1C(=O)NC2(CCCCC2C)C1=O. The molecule has 0 radical (unpaired) electrons. The molecule has 0 bridgehead atoms. The number of nitrogens with one attached hydrogen (secondary N) is 1. The second-order valence-corrected chi connectivity index (χ2v) is 8.55. The Labute approximate surface area is 181 Å². The number of amides is 4. The first kappa shape index (κ1) is 21.0. The molecule has 1 N–H and O–H groups in total. The zero-order valence-corrected chi connectivity index (χ0v) is 18.1. The first-order valence-corrected chi connectivity index (χ1v) is 10.7. The minimum Gasteiger partial charge on any atom is -0.337 e. The minimum atomic E-state index is -0.850. The Morgan fingerprint density at radius 3 is 2.68 bits per heavy atom. The number of aromatic nitrogens is 3. The van der Waals surface area contributed by atoms with Gasteiger partial charge in [0.1, 0.15) is 24.7 Å².